The number of nitrogens with zero attached hydrogens (tertiary/aromatic N) is 1. The van der Waals surface area contributed by atoms with Crippen LogP contribution in [0.15, 0.2) is 16.8 Å². The second kappa shape index (κ2) is 4.28. The van der Waals surface area contributed by atoms with Crippen molar-refractivity contribution < 1.29 is 4.79 Å². The molecule has 0 aromatic rings. The van der Waals surface area contributed by atoms with Crippen LogP contribution in [-0.4, -0.2) is 6.08 Å². The molecule has 0 aromatic heterocycles. The first kappa shape index (κ1) is 7.12. The van der Waals surface area contributed by atoms with Gasteiger partial charge in [-0.15, -0.1) is 0 Å². The van der Waals surface area contributed by atoms with Crippen LogP contribution in [0.2, 0.25) is 0 Å². The molecule has 0 amide bonds. The highest BCUT2D eigenvalue weighted by Gasteiger charge is 1.82. The maximum atomic E-state index is 9.60. The zero-order chi connectivity index (χ0) is 6.41. The Labute approximate surface area is 48.9 Å². The van der Waals surface area contributed by atoms with Gasteiger partial charge in [0.05, 0.1) is 0 Å². The lowest BCUT2D eigenvalue weighted by Gasteiger charge is -1.85. The van der Waals surface area contributed by atoms with Gasteiger partial charge in [0, 0.05) is 5.70 Å². The Bertz CT molecular complexity index is 131. The van der Waals surface area contributed by atoms with E-state index in [0.29, 0.717) is 0 Å². The molecule has 0 aliphatic carbocycles. The van der Waals surface area contributed by atoms with E-state index in [1.54, 1.807) is 6.08 Å². The van der Waals surface area contributed by atoms with E-state index in [1.165, 1.54) is 6.08 Å². The molecule has 2 heteroatoms. The van der Waals surface area contributed by atoms with Gasteiger partial charge in [-0.2, -0.15) is 4.99 Å². The van der Waals surface area contributed by atoms with Crippen molar-refractivity contribution >= 4 is 6.08 Å². The average molecular weight is 111 g/mol. The van der Waals surface area contributed by atoms with Gasteiger partial charge in [-0.05, 0) is 13.3 Å². The van der Waals surface area contributed by atoms with Crippen molar-refractivity contribution in [2.24, 2.45) is 4.99 Å². The summed E-state index contributed by atoms with van der Waals surface area (Å²) in [5.74, 6) is 0. The van der Waals surface area contributed by atoms with Crippen LogP contribution in [0.1, 0.15) is 20.3 Å². The fraction of sp³-hybridized carbons (Fsp3) is 0.500. The first-order valence-electron chi connectivity index (χ1n) is 2.58. The van der Waals surface area contributed by atoms with Gasteiger partial charge in [0.25, 0.3) is 0 Å². The van der Waals surface area contributed by atoms with E-state index in [0.717, 1.165) is 12.1 Å². The van der Waals surface area contributed by atoms with Crippen molar-refractivity contribution in [1.82, 2.24) is 0 Å². The highest BCUT2D eigenvalue weighted by molar-refractivity contribution is 5.36. The van der Waals surface area contributed by atoms with E-state index >= 15 is 0 Å². The van der Waals surface area contributed by atoms with Gasteiger partial charge < -0.3 is 0 Å². The van der Waals surface area contributed by atoms with Crippen molar-refractivity contribution in [2.45, 2.75) is 20.3 Å². The minimum absolute atomic E-state index is 0.792. The smallest absolute Gasteiger partial charge is 0.211 e. The van der Waals surface area contributed by atoms with Gasteiger partial charge in [-0.3, -0.25) is 0 Å². The number of allylic oxidation sites excluding steroid dienone is 2. The van der Waals surface area contributed by atoms with E-state index in [9.17, 15) is 4.79 Å². The number of isocyanates is 1. The number of hydrogen-bond donors (Lipinski definition) is 0. The molecule has 0 N–H and O–H groups in total. The van der Waals surface area contributed by atoms with Gasteiger partial charge in [-0.1, -0.05) is 13.0 Å². The molecule has 44 valence electrons. The number of hydrogen-bond acceptors (Lipinski definition) is 2. The molecular formula is C6H9NO. The van der Waals surface area contributed by atoms with E-state index < -0.39 is 0 Å². The standard InChI is InChI=1S/C6H9NO/c1-3-6(4-2)7-5-8/h3H,4H2,1-2H3. The molecule has 0 aromatic carbocycles. The SMILES string of the molecule is CC=C(CC)N=C=O. The molecule has 0 unspecified atom stereocenters. The quantitative estimate of drug-likeness (QED) is 0.393. The molecule has 0 aliphatic rings. The Morgan fingerprint density at radius 2 is 2.50 bits per heavy atom. The lowest BCUT2D eigenvalue weighted by Crippen LogP contribution is -1.70. The minimum Gasteiger partial charge on any atom is -0.211 e. The Hall–Kier alpha value is -0.880. The first-order valence-corrected chi connectivity index (χ1v) is 2.58. The zero-order valence-corrected chi connectivity index (χ0v) is 5.14. The van der Waals surface area contributed by atoms with Crippen molar-refractivity contribution in [1.29, 1.82) is 0 Å². The largest absolute Gasteiger partial charge is 0.240 e. The third-order valence-corrected chi connectivity index (χ3v) is 0.885. The summed E-state index contributed by atoms with van der Waals surface area (Å²) in [6.45, 7) is 3.79. The summed E-state index contributed by atoms with van der Waals surface area (Å²) in [5, 5.41) is 0. The van der Waals surface area contributed by atoms with Crippen LogP contribution in [0.5, 0.6) is 0 Å². The fourth-order valence-corrected chi connectivity index (χ4v) is 0.406. The minimum atomic E-state index is 0.792. The molecule has 0 spiro atoms. The van der Waals surface area contributed by atoms with Crippen LogP contribution in [0.25, 0.3) is 0 Å². The fourth-order valence-electron chi connectivity index (χ4n) is 0.406. The zero-order valence-electron chi connectivity index (χ0n) is 5.14. The Kier molecular flexibility index (Phi) is 3.81. The summed E-state index contributed by atoms with van der Waals surface area (Å²) in [4.78, 5) is 13.0. The van der Waals surface area contributed by atoms with E-state index in [2.05, 4.69) is 4.99 Å². The summed E-state index contributed by atoms with van der Waals surface area (Å²) >= 11 is 0. The Balaban J connectivity index is 3.91. The molecule has 8 heavy (non-hydrogen) atoms. The van der Waals surface area contributed by atoms with Crippen molar-refractivity contribution in [3.8, 4) is 0 Å². The normalized spacial score (nSPS) is 10.5. The molecule has 0 aliphatic heterocycles. The van der Waals surface area contributed by atoms with Crippen LogP contribution in [0.4, 0.5) is 0 Å². The van der Waals surface area contributed by atoms with Crippen LogP contribution in [0.3, 0.4) is 0 Å². The predicted molar refractivity (Wildman–Crippen MR) is 32.2 cm³/mol. The van der Waals surface area contributed by atoms with Crippen LogP contribution in [-0.2, 0) is 4.79 Å². The Morgan fingerprint density at radius 3 is 2.62 bits per heavy atom. The summed E-state index contributed by atoms with van der Waals surface area (Å²) in [6.07, 6.45) is 4.07. The number of aliphatic imine (C=N–C) groups is 1. The van der Waals surface area contributed by atoms with E-state index in [-0.39, 0.29) is 0 Å². The summed E-state index contributed by atoms with van der Waals surface area (Å²) < 4.78 is 0. The van der Waals surface area contributed by atoms with Gasteiger partial charge >= 0.3 is 0 Å². The lowest BCUT2D eigenvalue weighted by molar-refractivity contribution is 0.564. The van der Waals surface area contributed by atoms with Crippen LogP contribution >= 0.6 is 0 Å². The molecular weight excluding hydrogens is 102 g/mol. The summed E-state index contributed by atoms with van der Waals surface area (Å²) in [5.41, 5.74) is 0.792. The maximum absolute atomic E-state index is 9.60. The molecule has 0 radical (unpaired) electrons. The predicted octanol–water partition coefficient (Wildman–Crippen LogP) is 1.64. The molecule has 0 fully saturated rings. The first-order chi connectivity index (χ1) is 3.85. The number of carbonyl (C=O) groups excluding carboxylic acids is 1. The highest BCUT2D eigenvalue weighted by Crippen LogP contribution is 1.98. The molecule has 0 heterocycles. The molecule has 2 nitrogen and oxygen atoms in total. The second-order valence-corrected chi connectivity index (χ2v) is 1.34. The molecule has 0 saturated carbocycles. The van der Waals surface area contributed by atoms with Gasteiger partial charge in [-0.25, -0.2) is 4.79 Å². The van der Waals surface area contributed by atoms with Crippen molar-refractivity contribution in [2.75, 3.05) is 0 Å². The van der Waals surface area contributed by atoms with Gasteiger partial charge in [0.1, 0.15) is 0 Å². The third-order valence-electron chi connectivity index (χ3n) is 0.885. The van der Waals surface area contributed by atoms with Crippen molar-refractivity contribution in [3.05, 3.63) is 11.8 Å². The van der Waals surface area contributed by atoms with E-state index in [4.69, 9.17) is 0 Å². The summed E-state index contributed by atoms with van der Waals surface area (Å²) in [7, 11) is 0. The molecule has 0 bridgehead atoms. The maximum Gasteiger partial charge on any atom is 0.240 e. The van der Waals surface area contributed by atoms with Gasteiger partial charge in [0.15, 0.2) is 0 Å². The van der Waals surface area contributed by atoms with Crippen LogP contribution in [0, 0.1) is 0 Å². The third kappa shape index (κ3) is 2.32. The van der Waals surface area contributed by atoms with Crippen LogP contribution < -0.4 is 0 Å². The monoisotopic (exact) mass is 111 g/mol. The lowest BCUT2D eigenvalue weighted by atomic mass is 10.3. The molecule has 0 saturated heterocycles. The molecule has 0 rings (SSSR count). The summed E-state index contributed by atoms with van der Waals surface area (Å²) in [6, 6.07) is 0. The second-order valence-electron chi connectivity index (χ2n) is 1.34. The number of rotatable bonds is 2. The Morgan fingerprint density at radius 1 is 1.88 bits per heavy atom. The average Bonchev–Trinajstić information content (AvgIpc) is 1.83. The van der Waals surface area contributed by atoms with Crippen molar-refractivity contribution in [3.63, 3.8) is 0 Å². The highest BCUT2D eigenvalue weighted by atomic mass is 16.1. The topological polar surface area (TPSA) is 29.4 Å². The van der Waals surface area contributed by atoms with E-state index in [1.807, 2.05) is 13.8 Å². The molecule has 0 atom stereocenters. The van der Waals surface area contributed by atoms with Gasteiger partial charge in [0.2, 0.25) is 6.08 Å².